The number of hydrogen-bond donors (Lipinski definition) is 1. The number of aryl methyl sites for hydroxylation is 1. The maximum Gasteiger partial charge on any atom is 0.414 e. The van der Waals surface area contributed by atoms with E-state index in [2.05, 4.69) is 10.5 Å². The van der Waals surface area contributed by atoms with Gasteiger partial charge in [0.1, 0.15) is 13.2 Å². The Balaban J connectivity index is 1.80. The molecule has 0 saturated carbocycles. The van der Waals surface area contributed by atoms with Gasteiger partial charge in [0.25, 0.3) is 0 Å². The summed E-state index contributed by atoms with van der Waals surface area (Å²) < 4.78 is 12.7. The Bertz CT molecular complexity index is 869. The standard InChI is InChI=1S/C16H20N4O5/c1-4-14(21)17-8-11-9-20(16(22)24-11)10-5-6-12-13(7-10)25-15(18-23-3)19(12)2/h5-7,11H,4,8-9H2,1-3H3,(H,17,21)/b18-15+. The molecular weight excluding hydrogens is 328 g/mol. The molecule has 134 valence electrons. The van der Waals surface area contributed by atoms with Gasteiger partial charge in [0.15, 0.2) is 5.58 Å². The summed E-state index contributed by atoms with van der Waals surface area (Å²) >= 11 is 0. The normalized spacial score (nSPS) is 17.9. The highest BCUT2D eigenvalue weighted by Crippen LogP contribution is 2.25. The van der Waals surface area contributed by atoms with E-state index in [4.69, 9.17) is 14.0 Å². The number of oxazole rings is 1. The second kappa shape index (κ2) is 6.88. The van der Waals surface area contributed by atoms with Gasteiger partial charge in [0.05, 0.1) is 24.3 Å². The number of benzene rings is 1. The molecule has 1 aromatic heterocycles. The predicted molar refractivity (Wildman–Crippen MR) is 88.7 cm³/mol. The highest BCUT2D eigenvalue weighted by Gasteiger charge is 2.32. The molecule has 1 atom stereocenters. The van der Waals surface area contributed by atoms with Gasteiger partial charge in [0.2, 0.25) is 5.91 Å². The number of anilines is 1. The number of carbonyl (C=O) groups is 2. The molecule has 9 heteroatoms. The summed E-state index contributed by atoms with van der Waals surface area (Å²) in [7, 11) is 3.25. The minimum atomic E-state index is -0.451. The van der Waals surface area contributed by atoms with Crippen LogP contribution < -0.4 is 15.9 Å². The van der Waals surface area contributed by atoms with E-state index in [1.807, 2.05) is 12.1 Å². The number of fused-ring (bicyclic) bond motifs is 1. The van der Waals surface area contributed by atoms with Crippen molar-refractivity contribution in [1.29, 1.82) is 0 Å². The summed E-state index contributed by atoms with van der Waals surface area (Å²) in [5.41, 5.74) is 2.36. The van der Waals surface area contributed by atoms with Gasteiger partial charge in [-0.2, -0.15) is 0 Å². The molecule has 0 radical (unpaired) electrons. The molecule has 1 saturated heterocycles. The van der Waals surface area contributed by atoms with Crippen LogP contribution in [-0.2, 0) is 21.4 Å². The summed E-state index contributed by atoms with van der Waals surface area (Å²) in [5.74, 6) is -0.0755. The minimum Gasteiger partial charge on any atom is -0.442 e. The van der Waals surface area contributed by atoms with Crippen molar-refractivity contribution >= 4 is 28.8 Å². The molecule has 1 fully saturated rings. The molecule has 0 spiro atoms. The maximum absolute atomic E-state index is 12.1. The Morgan fingerprint density at radius 2 is 2.28 bits per heavy atom. The van der Waals surface area contributed by atoms with Crippen LogP contribution in [0.5, 0.6) is 0 Å². The van der Waals surface area contributed by atoms with Gasteiger partial charge in [-0.05, 0) is 17.3 Å². The minimum absolute atomic E-state index is 0.0755. The second-order valence-electron chi connectivity index (χ2n) is 5.64. The predicted octanol–water partition coefficient (Wildman–Crippen LogP) is 1.08. The maximum atomic E-state index is 12.1. The van der Waals surface area contributed by atoms with E-state index in [9.17, 15) is 9.59 Å². The lowest BCUT2D eigenvalue weighted by atomic mass is 10.2. The van der Waals surface area contributed by atoms with Gasteiger partial charge < -0.3 is 19.3 Å². The molecule has 1 unspecified atom stereocenters. The largest absolute Gasteiger partial charge is 0.442 e. The van der Waals surface area contributed by atoms with Crippen LogP contribution in [0, 0.1) is 0 Å². The summed E-state index contributed by atoms with van der Waals surface area (Å²) in [5, 5.41) is 6.53. The van der Waals surface area contributed by atoms with Crippen LogP contribution in [0.2, 0.25) is 0 Å². The van der Waals surface area contributed by atoms with E-state index in [0.717, 1.165) is 5.52 Å². The molecular formula is C16H20N4O5. The van der Waals surface area contributed by atoms with Crippen LogP contribution in [0.4, 0.5) is 10.5 Å². The number of nitrogens with zero attached hydrogens (tertiary/aromatic N) is 3. The third kappa shape index (κ3) is 3.30. The van der Waals surface area contributed by atoms with Crippen molar-refractivity contribution in [3.8, 4) is 0 Å². The molecule has 1 aliphatic rings. The fourth-order valence-electron chi connectivity index (χ4n) is 2.65. The topological polar surface area (TPSA) is 98.3 Å². The number of cyclic esters (lactones) is 1. The number of amides is 2. The van der Waals surface area contributed by atoms with Crippen LogP contribution in [-0.4, -0.2) is 42.9 Å². The third-order valence-electron chi connectivity index (χ3n) is 4.00. The van der Waals surface area contributed by atoms with Crippen molar-refractivity contribution in [3.05, 3.63) is 23.9 Å². The fourth-order valence-corrected chi connectivity index (χ4v) is 2.65. The van der Waals surface area contributed by atoms with Crippen LogP contribution in [0.1, 0.15) is 13.3 Å². The van der Waals surface area contributed by atoms with Crippen LogP contribution in [0.25, 0.3) is 11.1 Å². The van der Waals surface area contributed by atoms with Gasteiger partial charge in [0, 0.05) is 19.5 Å². The Hall–Kier alpha value is -2.97. The number of nitrogens with one attached hydrogen (secondary N) is 1. The first-order valence-electron chi connectivity index (χ1n) is 7.95. The van der Waals surface area contributed by atoms with Gasteiger partial charge >= 0.3 is 11.8 Å². The van der Waals surface area contributed by atoms with Crippen LogP contribution >= 0.6 is 0 Å². The van der Waals surface area contributed by atoms with Gasteiger partial charge in [-0.3, -0.25) is 14.3 Å². The number of ether oxygens (including phenoxy) is 1. The molecule has 2 heterocycles. The number of carbonyl (C=O) groups excluding carboxylic acids is 2. The average Bonchev–Trinajstić information content (AvgIpc) is 3.13. The lowest BCUT2D eigenvalue weighted by Gasteiger charge is -2.13. The van der Waals surface area contributed by atoms with E-state index in [0.29, 0.717) is 36.5 Å². The first-order valence-corrected chi connectivity index (χ1v) is 7.95. The zero-order valence-electron chi connectivity index (χ0n) is 14.3. The van der Waals surface area contributed by atoms with E-state index in [1.54, 1.807) is 24.6 Å². The second-order valence-corrected chi connectivity index (χ2v) is 5.64. The molecule has 1 aliphatic heterocycles. The molecule has 25 heavy (non-hydrogen) atoms. The Labute approximate surface area is 143 Å². The van der Waals surface area contributed by atoms with Crippen molar-refractivity contribution in [2.24, 2.45) is 12.2 Å². The molecule has 0 aliphatic carbocycles. The average molecular weight is 348 g/mol. The number of rotatable bonds is 5. The Morgan fingerprint density at radius 1 is 1.48 bits per heavy atom. The molecule has 2 aromatic rings. The summed E-state index contributed by atoms with van der Waals surface area (Å²) in [6, 6.07) is 5.39. The molecule has 0 bridgehead atoms. The Morgan fingerprint density at radius 3 is 3.00 bits per heavy atom. The SMILES string of the molecule is CCC(=O)NCC1CN(c2ccc3c(c2)o/c(=N/OC)n3C)C(=O)O1. The molecule has 3 rings (SSSR count). The van der Waals surface area contributed by atoms with Gasteiger partial charge in [-0.15, -0.1) is 0 Å². The number of hydrogen-bond acceptors (Lipinski definition) is 6. The summed E-state index contributed by atoms with van der Waals surface area (Å²) in [6.45, 7) is 2.42. The quantitative estimate of drug-likeness (QED) is 0.816. The van der Waals surface area contributed by atoms with E-state index >= 15 is 0 Å². The number of aromatic nitrogens is 1. The lowest BCUT2D eigenvalue weighted by Crippen LogP contribution is -2.34. The van der Waals surface area contributed by atoms with Crippen molar-refractivity contribution in [2.75, 3.05) is 25.1 Å². The van der Waals surface area contributed by atoms with Crippen molar-refractivity contribution in [3.63, 3.8) is 0 Å². The summed E-state index contributed by atoms with van der Waals surface area (Å²) in [6.07, 6.45) is -0.441. The zero-order chi connectivity index (χ0) is 18.0. The smallest absolute Gasteiger partial charge is 0.414 e. The highest BCUT2D eigenvalue weighted by molar-refractivity contribution is 5.92. The first kappa shape index (κ1) is 16.9. The molecule has 9 nitrogen and oxygen atoms in total. The monoisotopic (exact) mass is 348 g/mol. The van der Waals surface area contributed by atoms with Gasteiger partial charge in [-0.25, -0.2) is 4.79 Å². The third-order valence-corrected chi connectivity index (χ3v) is 4.00. The molecule has 1 aromatic carbocycles. The van der Waals surface area contributed by atoms with E-state index in [1.165, 1.54) is 12.0 Å². The van der Waals surface area contributed by atoms with Gasteiger partial charge in [-0.1, -0.05) is 6.92 Å². The first-order chi connectivity index (χ1) is 12.0. The van der Waals surface area contributed by atoms with Crippen LogP contribution in [0.15, 0.2) is 27.8 Å². The molecule has 2 amide bonds. The fraction of sp³-hybridized carbons (Fsp3) is 0.438. The summed E-state index contributed by atoms with van der Waals surface area (Å²) in [4.78, 5) is 29.7. The van der Waals surface area contributed by atoms with Crippen LogP contribution in [0.3, 0.4) is 0 Å². The van der Waals surface area contributed by atoms with E-state index < -0.39 is 6.09 Å². The Kier molecular flexibility index (Phi) is 4.64. The van der Waals surface area contributed by atoms with E-state index in [-0.39, 0.29) is 12.0 Å². The van der Waals surface area contributed by atoms with Crippen molar-refractivity contribution in [2.45, 2.75) is 19.4 Å². The lowest BCUT2D eigenvalue weighted by molar-refractivity contribution is -0.121. The highest BCUT2D eigenvalue weighted by atomic mass is 16.6. The molecule has 1 N–H and O–H groups in total. The van der Waals surface area contributed by atoms with Crippen molar-refractivity contribution in [1.82, 2.24) is 9.88 Å². The van der Waals surface area contributed by atoms with Crippen molar-refractivity contribution < 1.29 is 23.6 Å². The zero-order valence-corrected chi connectivity index (χ0v) is 14.3.